The Morgan fingerprint density at radius 1 is 1.22 bits per heavy atom. The molecule has 3 rings (SSSR count). The molecule has 114 valence electrons. The highest BCUT2D eigenvalue weighted by Gasteiger charge is 2.34. The van der Waals surface area contributed by atoms with Crippen LogP contribution in [0, 0.1) is 19.3 Å². The number of hydrogen-bond donors (Lipinski definition) is 0. The second-order valence-corrected chi connectivity index (χ2v) is 6.05. The Hall–Kier alpha value is -2.71. The number of amides is 2. The van der Waals surface area contributed by atoms with Gasteiger partial charge in [0.1, 0.15) is 0 Å². The molecule has 0 spiro atoms. The average Bonchev–Trinajstić information content (AvgIpc) is 3.09. The van der Waals surface area contributed by atoms with Crippen LogP contribution in [0.4, 0.5) is 4.79 Å². The molecule has 1 aliphatic rings. The quantitative estimate of drug-likeness (QED) is 0.642. The summed E-state index contributed by atoms with van der Waals surface area (Å²) < 4.78 is 1.99. The van der Waals surface area contributed by atoms with Crippen molar-refractivity contribution in [2.75, 3.05) is 6.54 Å². The fraction of sp³-hybridized carbons (Fsp3) is 0.111. The first-order valence-electron chi connectivity index (χ1n) is 7.04. The Bertz CT molecular complexity index is 858. The van der Waals surface area contributed by atoms with Crippen LogP contribution in [-0.2, 0) is 4.79 Å². The van der Waals surface area contributed by atoms with Gasteiger partial charge in [-0.3, -0.25) is 14.5 Å². The second-order valence-electron chi connectivity index (χ2n) is 5.06. The van der Waals surface area contributed by atoms with Gasteiger partial charge in [-0.15, -0.1) is 6.42 Å². The van der Waals surface area contributed by atoms with Crippen LogP contribution < -0.4 is 0 Å². The van der Waals surface area contributed by atoms with Crippen molar-refractivity contribution in [1.82, 2.24) is 9.47 Å². The number of nitrogens with zero attached hydrogens (tertiary/aromatic N) is 2. The summed E-state index contributed by atoms with van der Waals surface area (Å²) in [5.41, 5.74) is 3.00. The molecule has 0 saturated carbocycles. The molecule has 1 fully saturated rings. The van der Waals surface area contributed by atoms with Gasteiger partial charge in [-0.2, -0.15) is 0 Å². The number of rotatable bonds is 3. The maximum Gasteiger partial charge on any atom is 0.294 e. The van der Waals surface area contributed by atoms with E-state index in [1.807, 2.05) is 54.1 Å². The molecule has 1 saturated heterocycles. The number of aryl methyl sites for hydroxylation is 1. The van der Waals surface area contributed by atoms with Gasteiger partial charge in [0.15, 0.2) is 0 Å². The first-order valence-corrected chi connectivity index (χ1v) is 7.85. The topological polar surface area (TPSA) is 42.3 Å². The summed E-state index contributed by atoms with van der Waals surface area (Å²) in [6.45, 7) is 2.03. The van der Waals surface area contributed by atoms with Crippen molar-refractivity contribution >= 4 is 29.0 Å². The van der Waals surface area contributed by atoms with Crippen molar-refractivity contribution in [2.24, 2.45) is 0 Å². The lowest BCUT2D eigenvalue weighted by Crippen LogP contribution is -2.28. The molecule has 1 aliphatic heterocycles. The van der Waals surface area contributed by atoms with Gasteiger partial charge in [-0.1, -0.05) is 24.1 Å². The molecule has 0 unspecified atom stereocenters. The third kappa shape index (κ3) is 2.81. The van der Waals surface area contributed by atoms with E-state index in [1.165, 1.54) is 0 Å². The Morgan fingerprint density at radius 3 is 2.74 bits per heavy atom. The van der Waals surface area contributed by atoms with Crippen molar-refractivity contribution in [3.63, 3.8) is 0 Å². The summed E-state index contributed by atoms with van der Waals surface area (Å²) >= 11 is 0.918. The van der Waals surface area contributed by atoms with E-state index in [0.29, 0.717) is 4.91 Å². The number of hydrogen-bond acceptors (Lipinski definition) is 3. The highest BCUT2D eigenvalue weighted by molar-refractivity contribution is 8.18. The summed E-state index contributed by atoms with van der Waals surface area (Å²) in [5, 5.41) is -0.326. The zero-order valence-corrected chi connectivity index (χ0v) is 13.3. The van der Waals surface area contributed by atoms with Crippen molar-refractivity contribution in [2.45, 2.75) is 6.92 Å². The molecule has 23 heavy (non-hydrogen) atoms. The number of carbonyl (C=O) groups excluding carboxylic acids is 2. The van der Waals surface area contributed by atoms with Gasteiger partial charge < -0.3 is 4.57 Å². The number of aromatic nitrogens is 1. The minimum Gasteiger partial charge on any atom is -0.317 e. The molecule has 1 aromatic carbocycles. The van der Waals surface area contributed by atoms with Gasteiger partial charge in [0.05, 0.1) is 11.4 Å². The SMILES string of the molecule is C#CCN1C(=O)S/C(=C/c2cccn2-c2ccccc2C)C1=O. The van der Waals surface area contributed by atoms with Crippen LogP contribution in [-0.4, -0.2) is 27.2 Å². The summed E-state index contributed by atoms with van der Waals surface area (Å²) in [4.78, 5) is 25.6. The van der Waals surface area contributed by atoms with E-state index in [-0.39, 0.29) is 17.7 Å². The number of benzene rings is 1. The molecule has 5 heteroatoms. The largest absolute Gasteiger partial charge is 0.317 e. The van der Waals surface area contributed by atoms with E-state index in [9.17, 15) is 9.59 Å². The molecule has 0 radical (unpaired) electrons. The van der Waals surface area contributed by atoms with Gasteiger partial charge >= 0.3 is 0 Å². The van der Waals surface area contributed by atoms with E-state index in [2.05, 4.69) is 5.92 Å². The molecule has 0 bridgehead atoms. The maximum absolute atomic E-state index is 12.3. The van der Waals surface area contributed by atoms with Crippen molar-refractivity contribution in [3.8, 4) is 18.0 Å². The number of para-hydroxylation sites is 1. The molecule has 2 heterocycles. The molecule has 0 atom stereocenters. The maximum atomic E-state index is 12.3. The van der Waals surface area contributed by atoms with E-state index >= 15 is 0 Å². The van der Waals surface area contributed by atoms with Crippen LogP contribution in [0.2, 0.25) is 0 Å². The molecular formula is C18H14N2O2S. The highest BCUT2D eigenvalue weighted by Crippen LogP contribution is 2.32. The van der Waals surface area contributed by atoms with Crippen LogP contribution >= 0.6 is 11.8 Å². The van der Waals surface area contributed by atoms with Gasteiger partial charge in [-0.05, 0) is 48.5 Å². The van der Waals surface area contributed by atoms with Crippen LogP contribution in [0.1, 0.15) is 11.3 Å². The average molecular weight is 322 g/mol. The predicted molar refractivity (Wildman–Crippen MR) is 92.0 cm³/mol. The van der Waals surface area contributed by atoms with Crippen LogP contribution in [0.5, 0.6) is 0 Å². The fourth-order valence-corrected chi connectivity index (χ4v) is 3.25. The Kier molecular flexibility index (Phi) is 4.09. The van der Waals surface area contributed by atoms with Crippen molar-refractivity contribution in [1.29, 1.82) is 0 Å². The van der Waals surface area contributed by atoms with E-state index in [1.54, 1.807) is 6.08 Å². The van der Waals surface area contributed by atoms with Gasteiger partial charge in [0, 0.05) is 17.6 Å². The first-order chi connectivity index (χ1) is 11.1. The molecule has 2 amide bonds. The Balaban J connectivity index is 1.98. The Labute approximate surface area is 138 Å². The lowest BCUT2D eigenvalue weighted by atomic mass is 10.2. The molecule has 2 aromatic rings. The summed E-state index contributed by atoms with van der Waals surface area (Å²) in [7, 11) is 0. The van der Waals surface area contributed by atoms with Crippen molar-refractivity contribution in [3.05, 3.63) is 58.8 Å². The minimum absolute atomic E-state index is 0.000806. The van der Waals surface area contributed by atoms with E-state index in [4.69, 9.17) is 6.42 Å². The minimum atomic E-state index is -0.338. The molecule has 4 nitrogen and oxygen atoms in total. The van der Waals surface area contributed by atoms with Crippen LogP contribution in [0.15, 0.2) is 47.5 Å². The van der Waals surface area contributed by atoms with Crippen molar-refractivity contribution < 1.29 is 9.59 Å². The predicted octanol–water partition coefficient (Wildman–Crippen LogP) is 3.46. The third-order valence-electron chi connectivity index (χ3n) is 3.56. The number of carbonyl (C=O) groups is 2. The molecule has 1 aromatic heterocycles. The van der Waals surface area contributed by atoms with Gasteiger partial charge in [0.25, 0.3) is 11.1 Å². The van der Waals surface area contributed by atoms with E-state index in [0.717, 1.165) is 33.6 Å². The fourth-order valence-electron chi connectivity index (χ4n) is 2.43. The lowest BCUT2D eigenvalue weighted by molar-refractivity contribution is -0.122. The smallest absolute Gasteiger partial charge is 0.294 e. The monoisotopic (exact) mass is 322 g/mol. The lowest BCUT2D eigenvalue weighted by Gasteiger charge is -2.10. The second kappa shape index (κ2) is 6.19. The summed E-state index contributed by atoms with van der Waals surface area (Å²) in [6.07, 6.45) is 8.86. The number of imide groups is 1. The third-order valence-corrected chi connectivity index (χ3v) is 4.46. The van der Waals surface area contributed by atoms with Crippen LogP contribution in [0.3, 0.4) is 0 Å². The normalized spacial score (nSPS) is 16.2. The van der Waals surface area contributed by atoms with Crippen LogP contribution in [0.25, 0.3) is 11.8 Å². The number of thioether (sulfide) groups is 1. The van der Waals surface area contributed by atoms with Gasteiger partial charge in [-0.25, -0.2) is 0 Å². The summed E-state index contributed by atoms with van der Waals surface area (Å²) in [5.74, 6) is 2.00. The molecule has 0 aliphatic carbocycles. The molecular weight excluding hydrogens is 308 g/mol. The Morgan fingerprint density at radius 2 is 2.00 bits per heavy atom. The summed E-state index contributed by atoms with van der Waals surface area (Å²) in [6, 6.07) is 11.8. The highest BCUT2D eigenvalue weighted by atomic mass is 32.2. The zero-order chi connectivity index (χ0) is 16.4. The van der Waals surface area contributed by atoms with E-state index < -0.39 is 0 Å². The van der Waals surface area contributed by atoms with Gasteiger partial charge in [0.2, 0.25) is 0 Å². The first kappa shape index (κ1) is 15.2. The zero-order valence-electron chi connectivity index (χ0n) is 12.5. The molecule has 0 N–H and O–H groups in total. The standard InChI is InChI=1S/C18H14N2O2S/c1-3-10-20-17(21)16(23-18(20)22)12-14-8-6-11-19(14)15-9-5-4-7-13(15)2/h1,4-9,11-12H,10H2,2H3/b16-12+. The number of terminal acetylenes is 1.